The second-order valence-electron chi connectivity index (χ2n) is 9.67. The van der Waals surface area contributed by atoms with E-state index in [1.807, 2.05) is 0 Å². The fourth-order valence-corrected chi connectivity index (χ4v) is 19.5. The van der Waals surface area contributed by atoms with Gasteiger partial charge in [-0.05, 0) is 0 Å². The number of unbranched alkanes of at least 4 members (excludes halogenated alkanes) is 3. The van der Waals surface area contributed by atoms with E-state index in [9.17, 15) is 5.11 Å². The molecule has 2 aliphatic rings. The number of rotatable bonds is 12. The third-order valence-electron chi connectivity index (χ3n) is 7.20. The monoisotopic (exact) mass is 502 g/mol. The Balaban J connectivity index is 2.20. The number of fused-ring (bicyclic) bond motifs is 2. The van der Waals surface area contributed by atoms with Gasteiger partial charge in [0.15, 0.2) is 0 Å². The Hall–Kier alpha value is 0.419. The van der Waals surface area contributed by atoms with Crippen molar-refractivity contribution in [1.82, 2.24) is 0 Å². The molecule has 1 N–H and O–H groups in total. The van der Waals surface area contributed by atoms with E-state index in [0.29, 0.717) is 5.92 Å². The Morgan fingerprint density at radius 3 is 2.07 bits per heavy atom. The van der Waals surface area contributed by atoms with Gasteiger partial charge in [-0.25, -0.2) is 0 Å². The van der Waals surface area contributed by atoms with Crippen LogP contribution in [0.3, 0.4) is 0 Å². The van der Waals surface area contributed by atoms with Crippen molar-refractivity contribution in [3.8, 4) is 0 Å². The Morgan fingerprint density at radius 1 is 1.00 bits per heavy atom. The zero-order valence-electron chi connectivity index (χ0n) is 19.2. The van der Waals surface area contributed by atoms with Crippen LogP contribution in [0.2, 0.25) is 13.3 Å². The molecule has 0 radical (unpaired) electrons. The molecule has 2 heterocycles. The van der Waals surface area contributed by atoms with Gasteiger partial charge in [-0.15, -0.1) is 0 Å². The topological polar surface area (TPSA) is 38.7 Å². The summed E-state index contributed by atoms with van der Waals surface area (Å²) in [6.07, 6.45) is 12.7. The zero-order chi connectivity index (χ0) is 20.6. The van der Waals surface area contributed by atoms with Gasteiger partial charge in [0.1, 0.15) is 0 Å². The fraction of sp³-hybridized carbons (Fsp3) is 0.917. The van der Waals surface area contributed by atoms with Crippen LogP contribution in [-0.2, 0) is 9.47 Å². The molecule has 0 spiro atoms. The van der Waals surface area contributed by atoms with Crippen molar-refractivity contribution in [3.63, 3.8) is 0 Å². The van der Waals surface area contributed by atoms with E-state index in [4.69, 9.17) is 9.47 Å². The van der Waals surface area contributed by atoms with E-state index < -0.39 is 24.2 Å². The molecule has 0 aromatic carbocycles. The van der Waals surface area contributed by atoms with Gasteiger partial charge in [-0.2, -0.15) is 0 Å². The van der Waals surface area contributed by atoms with Gasteiger partial charge in [0, 0.05) is 0 Å². The maximum atomic E-state index is 9.81. The van der Waals surface area contributed by atoms with Gasteiger partial charge in [-0.1, -0.05) is 0 Å². The van der Waals surface area contributed by atoms with E-state index in [0.717, 1.165) is 12.8 Å². The summed E-state index contributed by atoms with van der Waals surface area (Å²) in [5.41, 5.74) is 0. The molecular weight excluding hydrogens is 455 g/mol. The molecule has 2 bridgehead atoms. The molecule has 164 valence electrons. The molecule has 2 rings (SSSR count). The molecule has 2 saturated heterocycles. The van der Waals surface area contributed by atoms with Crippen molar-refractivity contribution < 1.29 is 14.6 Å². The Morgan fingerprint density at radius 2 is 1.57 bits per heavy atom. The molecule has 0 aromatic rings. The predicted molar refractivity (Wildman–Crippen MR) is 121 cm³/mol. The van der Waals surface area contributed by atoms with Crippen LogP contribution in [0.4, 0.5) is 0 Å². The molecule has 2 fully saturated rings. The summed E-state index contributed by atoms with van der Waals surface area (Å²) in [5, 5.41) is 9.81. The Kier molecular flexibility index (Phi) is 10.3. The van der Waals surface area contributed by atoms with Crippen molar-refractivity contribution in [3.05, 3.63) is 10.2 Å². The summed E-state index contributed by atoms with van der Waals surface area (Å²) in [7, 11) is 0. The van der Waals surface area contributed by atoms with Crippen LogP contribution < -0.4 is 0 Å². The molecule has 0 unspecified atom stereocenters. The third-order valence-corrected chi connectivity index (χ3v) is 21.3. The normalized spacial score (nSPS) is 33.5. The predicted octanol–water partition coefficient (Wildman–Crippen LogP) is 6.47. The standard InChI is InChI=1S/C12H19O3.3C4H9.Sn/c1-4-10-8(2)11-9(7-13)5-6-12(3,14-10)15-11;3*1-3-4-2;/h1,4,8-11,13H,5-7H2,2-3H3;3*1,3-4H2,2H3;/t8-,9-,10-,11-,12-;;;;/m0..../s1. The number of hydrogen-bond acceptors (Lipinski definition) is 3. The first-order valence-corrected chi connectivity index (χ1v) is 19.8. The van der Waals surface area contributed by atoms with Gasteiger partial charge in [-0.3, -0.25) is 0 Å². The van der Waals surface area contributed by atoms with Gasteiger partial charge < -0.3 is 0 Å². The average molecular weight is 501 g/mol. The van der Waals surface area contributed by atoms with Crippen LogP contribution in [0, 0.1) is 11.8 Å². The van der Waals surface area contributed by atoms with Crippen LogP contribution in [0.25, 0.3) is 0 Å². The van der Waals surface area contributed by atoms with Gasteiger partial charge in [0.2, 0.25) is 0 Å². The van der Waals surface area contributed by atoms with E-state index in [1.54, 1.807) is 0 Å². The first-order chi connectivity index (χ1) is 13.4. The van der Waals surface area contributed by atoms with Crippen molar-refractivity contribution in [1.29, 1.82) is 0 Å². The van der Waals surface area contributed by atoms with Crippen LogP contribution in [0.15, 0.2) is 10.2 Å². The summed E-state index contributed by atoms with van der Waals surface area (Å²) in [5.74, 6) is 0.109. The van der Waals surface area contributed by atoms with Crippen LogP contribution in [0.5, 0.6) is 0 Å². The molecular formula is C24H46O3Sn. The molecule has 0 aromatic heterocycles. The van der Waals surface area contributed by atoms with Gasteiger partial charge in [0.05, 0.1) is 0 Å². The minimum atomic E-state index is -2.29. The van der Waals surface area contributed by atoms with Crippen molar-refractivity contribution >= 4 is 18.4 Å². The second kappa shape index (κ2) is 11.7. The number of hydrogen-bond donors (Lipinski definition) is 1. The number of ether oxygens (including phenoxy) is 2. The summed E-state index contributed by atoms with van der Waals surface area (Å²) >= 11 is -2.29. The quantitative estimate of drug-likeness (QED) is 0.312. The Labute approximate surface area is 178 Å². The summed E-state index contributed by atoms with van der Waals surface area (Å²) in [6, 6.07) is 0. The van der Waals surface area contributed by atoms with E-state index in [1.165, 1.54) is 51.8 Å². The van der Waals surface area contributed by atoms with Crippen molar-refractivity contribution in [2.75, 3.05) is 6.61 Å². The Bertz CT molecular complexity index is 459. The summed E-state index contributed by atoms with van der Waals surface area (Å²) in [4.78, 5) is 0. The molecule has 4 heteroatoms. The van der Waals surface area contributed by atoms with Crippen LogP contribution >= 0.6 is 0 Å². The summed E-state index contributed by atoms with van der Waals surface area (Å²) in [6.45, 7) is 11.6. The number of aliphatic hydroxyl groups is 1. The van der Waals surface area contributed by atoms with Crippen molar-refractivity contribution in [2.45, 2.75) is 117 Å². The van der Waals surface area contributed by atoms with E-state index >= 15 is 0 Å². The maximum absolute atomic E-state index is 9.81. The van der Waals surface area contributed by atoms with Crippen molar-refractivity contribution in [2.24, 2.45) is 11.8 Å². The summed E-state index contributed by atoms with van der Waals surface area (Å²) < 4.78 is 20.0. The minimum absolute atomic E-state index is 0.124. The molecule has 2 aliphatic heterocycles. The third kappa shape index (κ3) is 6.46. The molecule has 0 saturated carbocycles. The first kappa shape index (κ1) is 24.7. The zero-order valence-corrected chi connectivity index (χ0v) is 22.1. The van der Waals surface area contributed by atoms with E-state index in [-0.39, 0.29) is 24.7 Å². The molecule has 3 nitrogen and oxygen atoms in total. The van der Waals surface area contributed by atoms with Gasteiger partial charge >= 0.3 is 179 Å². The molecule has 0 aliphatic carbocycles. The fourth-order valence-electron chi connectivity index (χ4n) is 5.18. The molecule has 0 amide bonds. The number of aliphatic hydroxyl groups excluding tert-OH is 1. The van der Waals surface area contributed by atoms with Gasteiger partial charge in [0.25, 0.3) is 0 Å². The first-order valence-electron chi connectivity index (χ1n) is 12.1. The van der Waals surface area contributed by atoms with Crippen LogP contribution in [0.1, 0.15) is 86.0 Å². The molecule has 5 atom stereocenters. The average Bonchev–Trinajstić information content (AvgIpc) is 2.70. The molecule has 28 heavy (non-hydrogen) atoms. The van der Waals surface area contributed by atoms with Crippen LogP contribution in [-0.4, -0.2) is 48.1 Å². The SMILES string of the molecule is CCC[CH2][Sn](/[CH]=C/[C@@H]1O[C@]2(C)CC[C@@H](CO)[C@@H](O2)[C@H]1C)([CH2]CCC)[CH2]CCC. The second-order valence-corrected chi connectivity index (χ2v) is 22.7. The van der Waals surface area contributed by atoms with E-state index in [2.05, 4.69) is 44.8 Å².